The molecule has 0 saturated carbocycles. The normalized spacial score (nSPS) is 11.4. The maximum absolute atomic E-state index is 12.4. The van der Waals surface area contributed by atoms with Crippen LogP contribution >= 0.6 is 34.8 Å². The van der Waals surface area contributed by atoms with Crippen molar-refractivity contribution in [1.82, 2.24) is 0 Å². The molecule has 4 nitrogen and oxygen atoms in total. The molecular weight excluding hydrogens is 355 g/mol. The van der Waals surface area contributed by atoms with Gasteiger partial charge in [-0.25, -0.2) is 8.42 Å². The van der Waals surface area contributed by atoms with Gasteiger partial charge in [0.2, 0.25) is 0 Å². The molecule has 0 amide bonds. The number of nitrogens with two attached hydrogens (primary N) is 1. The molecule has 0 aliphatic rings. The largest absolute Gasteiger partial charge is 0.397 e. The lowest BCUT2D eigenvalue weighted by Crippen LogP contribution is -2.15. The highest BCUT2D eigenvalue weighted by Gasteiger charge is 2.20. The fraction of sp³-hybridized carbons (Fsp3) is 0.0769. The van der Waals surface area contributed by atoms with E-state index in [9.17, 15) is 8.42 Å². The average Bonchev–Trinajstić information content (AvgIpc) is 2.37. The van der Waals surface area contributed by atoms with Gasteiger partial charge >= 0.3 is 0 Å². The molecule has 0 bridgehead atoms. The van der Waals surface area contributed by atoms with Gasteiger partial charge in [0.15, 0.2) is 0 Å². The van der Waals surface area contributed by atoms with E-state index in [0.29, 0.717) is 15.6 Å². The van der Waals surface area contributed by atoms with E-state index >= 15 is 0 Å². The van der Waals surface area contributed by atoms with E-state index in [2.05, 4.69) is 4.72 Å². The Balaban J connectivity index is 2.48. The van der Waals surface area contributed by atoms with E-state index in [4.69, 9.17) is 40.5 Å². The van der Waals surface area contributed by atoms with E-state index in [1.54, 1.807) is 13.0 Å². The van der Waals surface area contributed by atoms with Gasteiger partial charge in [-0.3, -0.25) is 4.72 Å². The number of sulfonamides is 1. The third kappa shape index (κ3) is 3.55. The summed E-state index contributed by atoms with van der Waals surface area (Å²) >= 11 is 17.7. The predicted octanol–water partition coefficient (Wildman–Crippen LogP) is 4.34. The van der Waals surface area contributed by atoms with Crippen molar-refractivity contribution in [3.8, 4) is 0 Å². The number of halogens is 3. The minimum Gasteiger partial charge on any atom is -0.397 e. The molecule has 0 radical (unpaired) electrons. The molecule has 0 unspecified atom stereocenters. The molecule has 0 saturated heterocycles. The molecule has 3 N–H and O–H groups in total. The molecule has 8 heteroatoms. The van der Waals surface area contributed by atoms with E-state index in [0.717, 1.165) is 0 Å². The molecule has 21 heavy (non-hydrogen) atoms. The second-order valence-corrected chi connectivity index (χ2v) is 7.27. The van der Waals surface area contributed by atoms with E-state index < -0.39 is 10.0 Å². The number of rotatable bonds is 3. The van der Waals surface area contributed by atoms with Crippen LogP contribution in [0.15, 0.2) is 35.2 Å². The minimum absolute atomic E-state index is 0.0282. The quantitative estimate of drug-likeness (QED) is 0.795. The van der Waals surface area contributed by atoms with Crippen molar-refractivity contribution in [1.29, 1.82) is 0 Å². The summed E-state index contributed by atoms with van der Waals surface area (Å²) in [5.74, 6) is 0. The van der Waals surface area contributed by atoms with Crippen LogP contribution in [0.25, 0.3) is 0 Å². The number of aryl methyl sites for hydroxylation is 1. The number of nitrogen functional groups attached to an aromatic ring is 1. The smallest absolute Gasteiger partial charge is 0.262 e. The van der Waals surface area contributed by atoms with Crippen LogP contribution in [0.4, 0.5) is 11.4 Å². The zero-order valence-corrected chi connectivity index (χ0v) is 13.9. The molecule has 2 rings (SSSR count). The third-order valence-corrected chi connectivity index (χ3v) is 5.16. The summed E-state index contributed by atoms with van der Waals surface area (Å²) in [6.07, 6.45) is 0. The van der Waals surface area contributed by atoms with E-state index in [1.807, 2.05) is 0 Å². The molecule has 0 atom stereocenters. The second kappa shape index (κ2) is 5.93. The second-order valence-electron chi connectivity index (χ2n) is 4.37. The molecular formula is C13H11Cl3N2O2S. The Morgan fingerprint density at radius 3 is 2.38 bits per heavy atom. The number of nitrogens with one attached hydrogen (secondary N) is 1. The highest BCUT2D eigenvalue weighted by molar-refractivity contribution is 7.92. The summed E-state index contributed by atoms with van der Waals surface area (Å²) < 4.78 is 27.3. The Hall–Kier alpha value is -1.14. The lowest BCUT2D eigenvalue weighted by Gasteiger charge is -2.13. The molecule has 0 fully saturated rings. The summed E-state index contributed by atoms with van der Waals surface area (Å²) in [6, 6.07) is 7.29. The van der Waals surface area contributed by atoms with Crippen LogP contribution in [-0.4, -0.2) is 8.42 Å². The highest BCUT2D eigenvalue weighted by atomic mass is 35.5. The van der Waals surface area contributed by atoms with Crippen molar-refractivity contribution < 1.29 is 8.42 Å². The summed E-state index contributed by atoms with van der Waals surface area (Å²) in [5.41, 5.74) is 6.51. The Morgan fingerprint density at radius 1 is 1.05 bits per heavy atom. The van der Waals surface area contributed by atoms with E-state index in [1.165, 1.54) is 24.3 Å². The molecule has 0 aliphatic carbocycles. The Morgan fingerprint density at radius 2 is 1.71 bits per heavy atom. The van der Waals surface area contributed by atoms with Crippen LogP contribution in [0.3, 0.4) is 0 Å². The van der Waals surface area contributed by atoms with Gasteiger partial charge in [-0.2, -0.15) is 0 Å². The first kappa shape index (κ1) is 16.2. The zero-order chi connectivity index (χ0) is 15.8. The van der Waals surface area contributed by atoms with Gasteiger partial charge in [-0.15, -0.1) is 0 Å². The van der Waals surface area contributed by atoms with Crippen LogP contribution in [0, 0.1) is 6.92 Å². The fourth-order valence-corrected chi connectivity index (χ4v) is 3.68. The van der Waals surface area contributed by atoms with Crippen molar-refractivity contribution in [3.05, 3.63) is 51.0 Å². The Bertz CT molecular complexity index is 807. The first-order valence-electron chi connectivity index (χ1n) is 5.74. The molecule has 0 heterocycles. The van der Waals surface area contributed by atoms with Crippen molar-refractivity contribution in [2.24, 2.45) is 0 Å². The topological polar surface area (TPSA) is 72.2 Å². The monoisotopic (exact) mass is 364 g/mol. The van der Waals surface area contributed by atoms with Crippen molar-refractivity contribution in [3.63, 3.8) is 0 Å². The fourth-order valence-electron chi connectivity index (χ4n) is 1.73. The van der Waals surface area contributed by atoms with E-state index in [-0.39, 0.29) is 21.3 Å². The van der Waals surface area contributed by atoms with Crippen LogP contribution in [0.2, 0.25) is 15.1 Å². The first-order valence-corrected chi connectivity index (χ1v) is 8.36. The third-order valence-electron chi connectivity index (χ3n) is 2.76. The summed E-state index contributed by atoms with van der Waals surface area (Å²) in [7, 11) is -3.85. The van der Waals surface area contributed by atoms with Crippen molar-refractivity contribution in [2.45, 2.75) is 11.8 Å². The number of hydrogen-bond donors (Lipinski definition) is 2. The maximum Gasteiger partial charge on any atom is 0.262 e. The summed E-state index contributed by atoms with van der Waals surface area (Å²) in [5, 5.41) is 0.902. The van der Waals surface area contributed by atoms with Gasteiger partial charge in [-0.1, -0.05) is 34.8 Å². The van der Waals surface area contributed by atoms with Crippen molar-refractivity contribution >= 4 is 56.2 Å². The van der Waals surface area contributed by atoms with Gasteiger partial charge in [0.25, 0.3) is 10.0 Å². The summed E-state index contributed by atoms with van der Waals surface area (Å²) in [4.78, 5) is 0.0282. The molecule has 112 valence electrons. The van der Waals surface area contributed by atoms with Crippen LogP contribution in [-0.2, 0) is 10.0 Å². The molecule has 2 aromatic rings. The van der Waals surface area contributed by atoms with Crippen LogP contribution < -0.4 is 10.5 Å². The Labute approximate surface area is 137 Å². The zero-order valence-electron chi connectivity index (χ0n) is 10.8. The van der Waals surface area contributed by atoms with Gasteiger partial charge in [-0.05, 0) is 42.8 Å². The Kier molecular flexibility index (Phi) is 4.58. The SMILES string of the molecule is Cc1cc(Cl)c(N)cc1S(=O)(=O)Nc1cc(Cl)ccc1Cl. The predicted molar refractivity (Wildman–Crippen MR) is 87.9 cm³/mol. The number of hydrogen-bond acceptors (Lipinski definition) is 3. The standard InChI is InChI=1S/C13H11Cl3N2O2S/c1-7-4-10(16)11(17)6-13(7)21(19,20)18-12-5-8(14)2-3-9(12)15/h2-6,18H,17H2,1H3. The molecule has 0 aliphatic heterocycles. The lowest BCUT2D eigenvalue weighted by molar-refractivity contribution is 0.600. The highest BCUT2D eigenvalue weighted by Crippen LogP contribution is 2.30. The molecule has 2 aromatic carbocycles. The summed E-state index contributed by atoms with van der Waals surface area (Å²) in [6.45, 7) is 1.62. The minimum atomic E-state index is -3.85. The number of anilines is 2. The van der Waals surface area contributed by atoms with Crippen LogP contribution in [0.5, 0.6) is 0 Å². The molecule has 0 spiro atoms. The van der Waals surface area contributed by atoms with Gasteiger partial charge in [0.05, 0.1) is 26.3 Å². The lowest BCUT2D eigenvalue weighted by atomic mass is 10.2. The average molecular weight is 366 g/mol. The van der Waals surface area contributed by atoms with Gasteiger partial charge in [0.1, 0.15) is 0 Å². The van der Waals surface area contributed by atoms with Gasteiger partial charge in [0, 0.05) is 5.02 Å². The number of benzene rings is 2. The maximum atomic E-state index is 12.4. The molecule has 0 aromatic heterocycles. The van der Waals surface area contributed by atoms with Crippen molar-refractivity contribution in [2.75, 3.05) is 10.5 Å². The first-order chi connectivity index (χ1) is 9.70. The van der Waals surface area contributed by atoms with Gasteiger partial charge < -0.3 is 5.73 Å². The van der Waals surface area contributed by atoms with Crippen LogP contribution in [0.1, 0.15) is 5.56 Å².